The van der Waals surface area contributed by atoms with Crippen molar-refractivity contribution in [3.63, 3.8) is 0 Å². The van der Waals surface area contributed by atoms with Crippen LogP contribution in [0.5, 0.6) is 0 Å². The smallest absolute Gasteiger partial charge is 0.277 e. The van der Waals surface area contributed by atoms with Crippen LogP contribution >= 0.6 is 27.7 Å². The number of carbonyl (C=O) groups is 1. The van der Waals surface area contributed by atoms with Gasteiger partial charge in [-0.15, -0.1) is 0 Å². The van der Waals surface area contributed by atoms with Gasteiger partial charge in [0.1, 0.15) is 5.69 Å². The molecule has 1 aromatic heterocycles. The lowest BCUT2D eigenvalue weighted by Crippen LogP contribution is -2.23. The second kappa shape index (κ2) is 6.97. The maximum atomic E-state index is 12.1. The molecule has 0 saturated carbocycles. The molecule has 0 atom stereocenters. The number of thioether (sulfide) groups is 1. The number of benzene rings is 1. The topological polar surface area (TPSA) is 101 Å². The number of H-pyrrole nitrogens is 1. The number of nitrogens with zero attached hydrogens (tertiary/aromatic N) is 1. The van der Waals surface area contributed by atoms with Gasteiger partial charge in [0.05, 0.1) is 0 Å². The average Bonchev–Trinajstić information content (AvgIpc) is 2.42. The van der Waals surface area contributed by atoms with Crippen molar-refractivity contribution >= 4 is 45.1 Å². The van der Waals surface area contributed by atoms with Crippen LogP contribution in [0.25, 0.3) is 0 Å². The third-order valence-electron chi connectivity index (χ3n) is 2.62. The Bertz CT molecular complexity index is 743. The lowest BCUT2D eigenvalue weighted by Gasteiger charge is -2.09. The number of carbonyl (C=O) groups excluding carboxylic acids is 1. The number of nitrogens with one attached hydrogen (secondary N) is 2. The molecule has 8 heteroatoms. The molecular weight excluding hydrogens is 368 g/mol. The first-order valence-corrected chi connectivity index (χ1v) is 8.17. The predicted octanol–water partition coefficient (Wildman–Crippen LogP) is 2.87. The molecule has 0 radical (unpaired) electrons. The highest BCUT2D eigenvalue weighted by atomic mass is 79.9. The molecule has 22 heavy (non-hydrogen) atoms. The van der Waals surface area contributed by atoms with E-state index in [-0.39, 0.29) is 16.8 Å². The molecule has 0 aliphatic rings. The predicted molar refractivity (Wildman–Crippen MR) is 92.4 cm³/mol. The molecule has 2 rings (SSSR count). The standard InChI is InChI=1S/C14H15BrN4O2S/c1-7(2)22-14-18-11(16)10(13(21)19-14)17-12(20)8-3-5-9(15)6-4-8/h3-7H,1-2H3,(H,17,20)(H3,16,18,19,21). The molecule has 0 bridgehead atoms. The van der Waals surface area contributed by atoms with Crippen molar-refractivity contribution in [3.8, 4) is 0 Å². The van der Waals surface area contributed by atoms with Gasteiger partial charge in [-0.3, -0.25) is 14.6 Å². The van der Waals surface area contributed by atoms with Crippen molar-refractivity contribution in [1.29, 1.82) is 0 Å². The quantitative estimate of drug-likeness (QED) is 0.557. The Hall–Kier alpha value is -1.80. The van der Waals surface area contributed by atoms with Gasteiger partial charge in [0, 0.05) is 15.3 Å². The van der Waals surface area contributed by atoms with Gasteiger partial charge in [-0.1, -0.05) is 41.5 Å². The molecule has 0 aliphatic carbocycles. The van der Waals surface area contributed by atoms with Crippen molar-refractivity contribution in [2.24, 2.45) is 0 Å². The number of hydrogen-bond acceptors (Lipinski definition) is 5. The summed E-state index contributed by atoms with van der Waals surface area (Å²) in [6.45, 7) is 3.95. The number of aromatic nitrogens is 2. The van der Waals surface area contributed by atoms with Crippen molar-refractivity contribution < 1.29 is 4.79 Å². The van der Waals surface area contributed by atoms with Gasteiger partial charge in [-0.05, 0) is 24.3 Å². The van der Waals surface area contributed by atoms with Crippen LogP contribution in [0.1, 0.15) is 24.2 Å². The minimum atomic E-state index is -0.471. The molecule has 0 fully saturated rings. The van der Waals surface area contributed by atoms with Gasteiger partial charge < -0.3 is 11.1 Å². The van der Waals surface area contributed by atoms with Crippen molar-refractivity contribution in [3.05, 3.63) is 44.7 Å². The number of nitrogen functional groups attached to an aromatic ring is 1. The molecule has 2 aromatic rings. The Balaban J connectivity index is 2.24. The third-order valence-corrected chi connectivity index (χ3v) is 4.03. The average molecular weight is 383 g/mol. The van der Waals surface area contributed by atoms with E-state index in [9.17, 15) is 9.59 Å². The van der Waals surface area contributed by atoms with Gasteiger partial charge in [-0.25, -0.2) is 4.98 Å². The van der Waals surface area contributed by atoms with Crippen LogP contribution in [0.2, 0.25) is 0 Å². The minimum absolute atomic E-state index is 0.00244. The number of amides is 1. The highest BCUT2D eigenvalue weighted by Crippen LogP contribution is 2.21. The van der Waals surface area contributed by atoms with Crippen LogP contribution in [0.4, 0.5) is 11.5 Å². The van der Waals surface area contributed by atoms with Crippen LogP contribution in [-0.4, -0.2) is 21.1 Å². The fraction of sp³-hybridized carbons (Fsp3) is 0.214. The molecule has 1 heterocycles. The highest BCUT2D eigenvalue weighted by molar-refractivity contribution is 9.10. The lowest BCUT2D eigenvalue weighted by atomic mass is 10.2. The largest absolute Gasteiger partial charge is 0.382 e. The van der Waals surface area contributed by atoms with E-state index in [2.05, 4.69) is 31.2 Å². The molecule has 0 saturated heterocycles. The van der Waals surface area contributed by atoms with E-state index in [4.69, 9.17) is 5.73 Å². The van der Waals surface area contributed by atoms with E-state index < -0.39 is 11.5 Å². The summed E-state index contributed by atoms with van der Waals surface area (Å²) in [5.41, 5.74) is 5.69. The van der Waals surface area contributed by atoms with E-state index in [1.807, 2.05) is 13.8 Å². The first-order valence-electron chi connectivity index (χ1n) is 6.50. The Morgan fingerprint density at radius 1 is 1.36 bits per heavy atom. The molecule has 0 spiro atoms. The summed E-state index contributed by atoms with van der Waals surface area (Å²) in [5, 5.41) is 3.19. The number of rotatable bonds is 4. The summed E-state index contributed by atoms with van der Waals surface area (Å²) in [6.07, 6.45) is 0. The number of anilines is 2. The van der Waals surface area contributed by atoms with Crippen LogP contribution in [0.3, 0.4) is 0 Å². The van der Waals surface area contributed by atoms with Crippen molar-refractivity contribution in [2.45, 2.75) is 24.3 Å². The zero-order chi connectivity index (χ0) is 16.3. The lowest BCUT2D eigenvalue weighted by molar-refractivity contribution is 0.102. The first-order chi connectivity index (χ1) is 10.4. The van der Waals surface area contributed by atoms with Crippen LogP contribution in [-0.2, 0) is 0 Å². The Morgan fingerprint density at radius 2 is 2.00 bits per heavy atom. The van der Waals surface area contributed by atoms with Crippen molar-refractivity contribution in [2.75, 3.05) is 11.1 Å². The normalized spacial score (nSPS) is 10.7. The zero-order valence-electron chi connectivity index (χ0n) is 12.0. The van der Waals surface area contributed by atoms with E-state index >= 15 is 0 Å². The second-order valence-electron chi connectivity index (χ2n) is 4.76. The second-order valence-corrected chi connectivity index (χ2v) is 7.24. The zero-order valence-corrected chi connectivity index (χ0v) is 14.4. The summed E-state index contributed by atoms with van der Waals surface area (Å²) in [5.74, 6) is -0.423. The van der Waals surface area contributed by atoms with Crippen molar-refractivity contribution in [1.82, 2.24) is 9.97 Å². The molecule has 0 unspecified atom stereocenters. The number of aromatic amines is 1. The molecule has 0 aliphatic heterocycles. The monoisotopic (exact) mass is 382 g/mol. The molecule has 1 amide bonds. The van der Waals surface area contributed by atoms with Crippen LogP contribution in [0, 0.1) is 0 Å². The Morgan fingerprint density at radius 3 is 2.55 bits per heavy atom. The number of hydrogen-bond donors (Lipinski definition) is 3. The third kappa shape index (κ3) is 4.11. The maximum absolute atomic E-state index is 12.1. The van der Waals surface area contributed by atoms with E-state index in [1.54, 1.807) is 24.3 Å². The SMILES string of the molecule is CC(C)Sc1nc(N)c(NC(=O)c2ccc(Br)cc2)c(=O)[nH]1. The fourth-order valence-electron chi connectivity index (χ4n) is 1.66. The number of nitrogens with two attached hydrogens (primary N) is 1. The molecule has 1 aromatic carbocycles. The summed E-state index contributed by atoms with van der Waals surface area (Å²) in [6, 6.07) is 6.76. The summed E-state index contributed by atoms with van der Waals surface area (Å²) in [7, 11) is 0. The van der Waals surface area contributed by atoms with Gasteiger partial charge in [0.2, 0.25) is 0 Å². The first kappa shape index (κ1) is 16.6. The van der Waals surface area contributed by atoms with Crippen LogP contribution < -0.4 is 16.6 Å². The summed E-state index contributed by atoms with van der Waals surface area (Å²) in [4.78, 5) is 30.9. The Kier molecular flexibility index (Phi) is 5.25. The summed E-state index contributed by atoms with van der Waals surface area (Å²) >= 11 is 4.68. The van der Waals surface area contributed by atoms with Crippen LogP contribution in [0.15, 0.2) is 38.7 Å². The molecule has 6 nitrogen and oxygen atoms in total. The van der Waals surface area contributed by atoms with Gasteiger partial charge in [-0.2, -0.15) is 0 Å². The van der Waals surface area contributed by atoms with E-state index in [0.717, 1.165) is 4.47 Å². The molecule has 116 valence electrons. The van der Waals surface area contributed by atoms with Gasteiger partial charge >= 0.3 is 0 Å². The van der Waals surface area contributed by atoms with E-state index in [0.29, 0.717) is 10.7 Å². The Labute approximate surface area is 140 Å². The number of halogens is 1. The van der Waals surface area contributed by atoms with Gasteiger partial charge in [0.25, 0.3) is 11.5 Å². The molecular formula is C14H15BrN4O2S. The minimum Gasteiger partial charge on any atom is -0.382 e. The fourth-order valence-corrected chi connectivity index (χ4v) is 2.67. The van der Waals surface area contributed by atoms with Gasteiger partial charge in [0.15, 0.2) is 11.0 Å². The molecule has 4 N–H and O–H groups in total. The van der Waals surface area contributed by atoms with E-state index in [1.165, 1.54) is 11.8 Å². The highest BCUT2D eigenvalue weighted by Gasteiger charge is 2.14. The maximum Gasteiger partial charge on any atom is 0.277 e. The summed E-state index contributed by atoms with van der Waals surface area (Å²) < 4.78 is 0.859.